The average Bonchev–Trinajstić information content (AvgIpc) is 3.42. The fourth-order valence-corrected chi connectivity index (χ4v) is 5.72. The number of rotatable bonds is 9. The number of hydrogen-bond donors (Lipinski definition) is 0. The van der Waals surface area contributed by atoms with E-state index >= 15 is 0 Å². The lowest BCUT2D eigenvalue weighted by Crippen LogP contribution is -2.20. The van der Waals surface area contributed by atoms with Gasteiger partial charge in [-0.2, -0.15) is 0 Å². The Morgan fingerprint density at radius 1 is 1.00 bits per heavy atom. The normalized spacial score (nSPS) is 10.9. The molecule has 0 aliphatic carbocycles. The summed E-state index contributed by atoms with van der Waals surface area (Å²) in [4.78, 5) is 18.7. The summed E-state index contributed by atoms with van der Waals surface area (Å²) in [6.45, 7) is 2.64. The summed E-state index contributed by atoms with van der Waals surface area (Å²) < 4.78 is 19.6. The molecule has 5 rings (SSSR count). The van der Waals surface area contributed by atoms with Gasteiger partial charge in [-0.05, 0) is 83.6 Å². The van der Waals surface area contributed by atoms with Gasteiger partial charge in [0, 0.05) is 44.7 Å². The van der Waals surface area contributed by atoms with E-state index in [0.29, 0.717) is 27.9 Å². The number of hydrogen-bond acceptors (Lipinski definition) is 4. The zero-order chi connectivity index (χ0) is 27.4. The molecule has 3 aromatic carbocycles. The van der Waals surface area contributed by atoms with Gasteiger partial charge in [-0.3, -0.25) is 9.78 Å². The van der Waals surface area contributed by atoms with E-state index in [2.05, 4.69) is 4.98 Å². The largest absolute Gasteiger partial charge is 0.488 e. The Hall–Kier alpha value is -3.71. The van der Waals surface area contributed by atoms with Crippen molar-refractivity contribution in [3.8, 4) is 27.3 Å². The number of thiophene rings is 1. The third kappa shape index (κ3) is 6.14. The number of amides is 1. The van der Waals surface area contributed by atoms with Crippen molar-refractivity contribution in [3.63, 3.8) is 0 Å². The summed E-state index contributed by atoms with van der Waals surface area (Å²) in [5.74, 6) is 0.242. The molecule has 0 aliphatic rings. The van der Waals surface area contributed by atoms with Crippen molar-refractivity contribution in [1.29, 1.82) is 0 Å². The van der Waals surface area contributed by atoms with Crippen LogP contribution in [0.15, 0.2) is 90.6 Å². The molecule has 0 saturated heterocycles. The predicted octanol–water partition coefficient (Wildman–Crippen LogP) is 8.97. The van der Waals surface area contributed by atoms with Crippen LogP contribution < -0.4 is 9.64 Å². The van der Waals surface area contributed by atoms with E-state index in [1.807, 2.05) is 60.8 Å². The van der Waals surface area contributed by atoms with Gasteiger partial charge >= 0.3 is 0 Å². The minimum atomic E-state index is -0.395. The number of ether oxygens (including phenoxy) is 1. The van der Waals surface area contributed by atoms with Gasteiger partial charge in [-0.25, -0.2) is 4.39 Å². The van der Waals surface area contributed by atoms with Gasteiger partial charge in [0.05, 0.1) is 11.6 Å². The maximum absolute atomic E-state index is 13.5. The highest BCUT2D eigenvalue weighted by atomic mass is 35.5. The van der Waals surface area contributed by atoms with Crippen LogP contribution in [-0.2, 0) is 17.9 Å². The maximum atomic E-state index is 13.5. The summed E-state index contributed by atoms with van der Waals surface area (Å²) in [6, 6.07) is 21.5. The standard InChI is InChI=1S/C31H23Cl2FN2O2S/c1-20-13-25(36(19-37)17-21-3-2-11-35-16-21)7-8-26(20)31-27(10-12-39-31)28-14-23(32)5-9-30(28)38-18-22-4-6-24(34)15-29(22)33/h2-16,19H,17-18H2,1H3. The van der Waals surface area contributed by atoms with Gasteiger partial charge in [-0.1, -0.05) is 41.4 Å². The molecule has 39 heavy (non-hydrogen) atoms. The molecule has 0 unspecified atom stereocenters. The number of aryl methyl sites for hydroxylation is 1. The predicted molar refractivity (Wildman–Crippen MR) is 157 cm³/mol. The molecule has 0 fully saturated rings. The van der Waals surface area contributed by atoms with E-state index in [9.17, 15) is 9.18 Å². The first-order valence-corrected chi connectivity index (χ1v) is 13.7. The number of carbonyl (C=O) groups is 1. The molecule has 0 aliphatic heterocycles. The Morgan fingerprint density at radius 3 is 2.62 bits per heavy atom. The third-order valence-corrected chi connectivity index (χ3v) is 7.82. The lowest BCUT2D eigenvalue weighted by atomic mass is 9.98. The van der Waals surface area contributed by atoms with Gasteiger partial charge in [0.1, 0.15) is 18.2 Å². The lowest BCUT2D eigenvalue weighted by molar-refractivity contribution is -0.107. The monoisotopic (exact) mass is 576 g/mol. The fourth-order valence-electron chi connectivity index (χ4n) is 4.32. The van der Waals surface area contributed by atoms with Crippen molar-refractivity contribution in [2.45, 2.75) is 20.1 Å². The molecule has 0 spiro atoms. The molecule has 5 aromatic rings. The third-order valence-electron chi connectivity index (χ3n) is 6.28. The van der Waals surface area contributed by atoms with Crippen LogP contribution in [0.25, 0.3) is 21.6 Å². The van der Waals surface area contributed by atoms with Crippen molar-refractivity contribution >= 4 is 46.6 Å². The van der Waals surface area contributed by atoms with Crippen LogP contribution in [0.1, 0.15) is 16.7 Å². The zero-order valence-electron chi connectivity index (χ0n) is 20.9. The number of carbonyl (C=O) groups excluding carboxylic acids is 1. The fraction of sp³-hybridized carbons (Fsp3) is 0.0968. The molecule has 2 heterocycles. The minimum Gasteiger partial charge on any atom is -0.488 e. The van der Waals surface area contributed by atoms with Crippen LogP contribution in [0.4, 0.5) is 10.1 Å². The summed E-state index contributed by atoms with van der Waals surface area (Å²) in [6.07, 6.45) is 4.30. The number of aromatic nitrogens is 1. The Labute approximate surface area is 240 Å². The van der Waals surface area contributed by atoms with Crippen molar-refractivity contribution < 1.29 is 13.9 Å². The van der Waals surface area contributed by atoms with Gasteiger partial charge in [0.2, 0.25) is 6.41 Å². The molecule has 0 atom stereocenters. The van der Waals surface area contributed by atoms with E-state index in [1.54, 1.807) is 40.8 Å². The van der Waals surface area contributed by atoms with Gasteiger partial charge in [0.15, 0.2) is 0 Å². The molecule has 1 amide bonds. The van der Waals surface area contributed by atoms with E-state index in [-0.39, 0.29) is 6.61 Å². The van der Waals surface area contributed by atoms with E-state index in [0.717, 1.165) is 44.8 Å². The molecular formula is C31H23Cl2FN2O2S. The highest BCUT2D eigenvalue weighted by Crippen LogP contribution is 2.43. The molecule has 196 valence electrons. The molecular weight excluding hydrogens is 554 g/mol. The number of anilines is 1. The van der Waals surface area contributed by atoms with Gasteiger partial charge < -0.3 is 9.64 Å². The van der Waals surface area contributed by atoms with Crippen LogP contribution in [0.5, 0.6) is 5.75 Å². The quantitative estimate of drug-likeness (QED) is 0.164. The number of pyridine rings is 1. The first-order chi connectivity index (χ1) is 18.9. The average molecular weight is 578 g/mol. The number of benzene rings is 3. The molecule has 0 N–H and O–H groups in total. The van der Waals surface area contributed by atoms with Crippen LogP contribution in [0, 0.1) is 12.7 Å². The van der Waals surface area contributed by atoms with Crippen molar-refractivity contribution in [1.82, 2.24) is 4.98 Å². The SMILES string of the molecule is Cc1cc(N(C=O)Cc2cccnc2)ccc1-c1sccc1-c1cc(Cl)ccc1OCc1ccc(F)cc1Cl. The van der Waals surface area contributed by atoms with Crippen molar-refractivity contribution in [2.24, 2.45) is 0 Å². The Bertz CT molecular complexity index is 1620. The molecule has 8 heteroatoms. The lowest BCUT2D eigenvalue weighted by Gasteiger charge is -2.19. The second-order valence-corrected chi connectivity index (χ2v) is 10.7. The smallest absolute Gasteiger partial charge is 0.214 e. The van der Waals surface area contributed by atoms with Gasteiger partial charge in [-0.15, -0.1) is 11.3 Å². The van der Waals surface area contributed by atoms with E-state index in [4.69, 9.17) is 27.9 Å². The van der Waals surface area contributed by atoms with Crippen molar-refractivity contribution in [2.75, 3.05) is 4.90 Å². The highest BCUT2D eigenvalue weighted by molar-refractivity contribution is 7.14. The molecule has 0 bridgehead atoms. The highest BCUT2D eigenvalue weighted by Gasteiger charge is 2.17. The molecule has 4 nitrogen and oxygen atoms in total. The number of nitrogens with zero attached hydrogens (tertiary/aromatic N) is 2. The summed E-state index contributed by atoms with van der Waals surface area (Å²) in [5, 5.41) is 2.92. The zero-order valence-corrected chi connectivity index (χ0v) is 23.2. The van der Waals surface area contributed by atoms with Crippen LogP contribution in [0.3, 0.4) is 0 Å². The molecule has 0 saturated carbocycles. The second-order valence-electron chi connectivity index (χ2n) is 8.92. The summed E-state index contributed by atoms with van der Waals surface area (Å²) in [7, 11) is 0. The summed E-state index contributed by atoms with van der Waals surface area (Å²) >= 11 is 14.2. The number of halogens is 3. The molecule has 2 aromatic heterocycles. The Balaban J connectivity index is 1.45. The second kappa shape index (κ2) is 12.0. The minimum absolute atomic E-state index is 0.180. The van der Waals surface area contributed by atoms with Crippen LogP contribution in [-0.4, -0.2) is 11.4 Å². The molecule has 0 radical (unpaired) electrons. The first kappa shape index (κ1) is 26.9. The topological polar surface area (TPSA) is 42.4 Å². The Morgan fingerprint density at radius 2 is 1.87 bits per heavy atom. The maximum Gasteiger partial charge on any atom is 0.214 e. The first-order valence-electron chi connectivity index (χ1n) is 12.1. The van der Waals surface area contributed by atoms with Crippen LogP contribution in [0.2, 0.25) is 10.0 Å². The van der Waals surface area contributed by atoms with Gasteiger partial charge in [0.25, 0.3) is 0 Å². The van der Waals surface area contributed by atoms with E-state index in [1.165, 1.54) is 12.1 Å². The van der Waals surface area contributed by atoms with Crippen LogP contribution >= 0.6 is 34.5 Å². The van der Waals surface area contributed by atoms with E-state index < -0.39 is 5.82 Å². The summed E-state index contributed by atoms with van der Waals surface area (Å²) in [5.41, 5.74) is 6.31. The van der Waals surface area contributed by atoms with Crippen molar-refractivity contribution in [3.05, 3.63) is 123 Å². The Kier molecular flexibility index (Phi) is 8.27.